The molecule has 7 nitrogen and oxygen atoms in total. The van der Waals surface area contributed by atoms with E-state index in [0.29, 0.717) is 12.1 Å². The van der Waals surface area contributed by atoms with Crippen molar-refractivity contribution in [2.24, 2.45) is 0 Å². The van der Waals surface area contributed by atoms with Gasteiger partial charge in [0.05, 0.1) is 6.20 Å². The molecule has 0 unspecified atom stereocenters. The van der Waals surface area contributed by atoms with E-state index in [-0.39, 0.29) is 11.6 Å². The number of carbonyl (C=O) groups is 2. The van der Waals surface area contributed by atoms with E-state index in [2.05, 4.69) is 20.5 Å². The second-order valence-corrected chi connectivity index (χ2v) is 4.35. The van der Waals surface area contributed by atoms with Crippen LogP contribution >= 0.6 is 0 Å². The van der Waals surface area contributed by atoms with E-state index < -0.39 is 5.97 Å². The predicted molar refractivity (Wildman–Crippen MR) is 75.4 cm³/mol. The molecule has 2 aromatic heterocycles. The van der Waals surface area contributed by atoms with Gasteiger partial charge in [-0.3, -0.25) is 14.9 Å². The van der Waals surface area contributed by atoms with Crippen LogP contribution in [0.4, 0.5) is 0 Å². The van der Waals surface area contributed by atoms with Crippen molar-refractivity contribution < 1.29 is 14.7 Å². The maximum absolute atomic E-state index is 11.9. The largest absolute Gasteiger partial charge is 0.478 e. The van der Waals surface area contributed by atoms with Crippen molar-refractivity contribution in [3.05, 3.63) is 53.1 Å². The van der Waals surface area contributed by atoms with E-state index in [1.165, 1.54) is 12.3 Å². The predicted octanol–water partition coefficient (Wildman–Crippen LogP) is 1.14. The van der Waals surface area contributed by atoms with Gasteiger partial charge in [0.1, 0.15) is 5.69 Å². The number of aryl methyl sites for hydroxylation is 1. The fourth-order valence-corrected chi connectivity index (χ4v) is 1.63. The molecular formula is C14H14N4O3. The molecule has 0 saturated heterocycles. The Hall–Kier alpha value is -2.96. The van der Waals surface area contributed by atoms with E-state index in [1.54, 1.807) is 18.3 Å². The molecule has 0 fully saturated rings. The molecule has 0 aliphatic heterocycles. The van der Waals surface area contributed by atoms with E-state index >= 15 is 0 Å². The number of amides is 1. The van der Waals surface area contributed by atoms with Crippen molar-refractivity contribution in [1.82, 2.24) is 20.5 Å². The first-order valence-corrected chi connectivity index (χ1v) is 6.20. The first-order valence-electron chi connectivity index (χ1n) is 6.20. The molecule has 0 aliphatic carbocycles. The number of aromatic nitrogens is 3. The van der Waals surface area contributed by atoms with E-state index in [0.717, 1.165) is 17.3 Å². The quantitative estimate of drug-likeness (QED) is 0.714. The second-order valence-electron chi connectivity index (χ2n) is 4.35. The van der Waals surface area contributed by atoms with Crippen molar-refractivity contribution in [3.63, 3.8) is 0 Å². The zero-order valence-electron chi connectivity index (χ0n) is 11.3. The summed E-state index contributed by atoms with van der Waals surface area (Å²) >= 11 is 0. The highest BCUT2D eigenvalue weighted by atomic mass is 16.4. The van der Waals surface area contributed by atoms with Crippen LogP contribution in [0.3, 0.4) is 0 Å². The Kier molecular flexibility index (Phi) is 4.45. The molecule has 21 heavy (non-hydrogen) atoms. The summed E-state index contributed by atoms with van der Waals surface area (Å²) in [5.74, 6) is -1.34. The van der Waals surface area contributed by atoms with Gasteiger partial charge in [0, 0.05) is 30.1 Å². The average molecular weight is 286 g/mol. The number of aromatic amines is 1. The first kappa shape index (κ1) is 14.4. The molecule has 7 heteroatoms. The summed E-state index contributed by atoms with van der Waals surface area (Å²) in [6, 6.07) is 3.17. The molecule has 3 N–H and O–H groups in total. The lowest BCUT2D eigenvalue weighted by Crippen LogP contribution is -2.23. The van der Waals surface area contributed by atoms with Gasteiger partial charge in [0.15, 0.2) is 0 Å². The molecule has 2 aromatic rings. The van der Waals surface area contributed by atoms with Gasteiger partial charge in [-0.05, 0) is 24.6 Å². The number of rotatable bonds is 5. The van der Waals surface area contributed by atoms with Crippen LogP contribution in [0.15, 0.2) is 30.6 Å². The Morgan fingerprint density at radius 2 is 2.19 bits per heavy atom. The molecule has 0 spiro atoms. The smallest absolute Gasteiger partial charge is 0.328 e. The Morgan fingerprint density at radius 1 is 1.38 bits per heavy atom. The minimum atomic E-state index is -1.03. The first-order chi connectivity index (χ1) is 10.1. The fraction of sp³-hybridized carbons (Fsp3) is 0.143. The number of aliphatic carboxylic acids is 1. The fourth-order valence-electron chi connectivity index (χ4n) is 1.63. The lowest BCUT2D eigenvalue weighted by molar-refractivity contribution is -0.131. The summed E-state index contributed by atoms with van der Waals surface area (Å²) in [6.45, 7) is 2.24. The number of hydrogen-bond acceptors (Lipinski definition) is 4. The molecule has 108 valence electrons. The highest BCUT2D eigenvalue weighted by molar-refractivity contribution is 5.92. The van der Waals surface area contributed by atoms with Crippen LogP contribution in [-0.4, -0.2) is 32.2 Å². The molecule has 0 aromatic carbocycles. The van der Waals surface area contributed by atoms with E-state index in [9.17, 15) is 9.59 Å². The molecule has 0 aliphatic rings. The topological polar surface area (TPSA) is 108 Å². The number of carbonyl (C=O) groups excluding carboxylic acids is 1. The molecule has 0 saturated carbocycles. The Bertz CT molecular complexity index is 674. The molecule has 0 atom stereocenters. The summed E-state index contributed by atoms with van der Waals surface area (Å²) < 4.78 is 0. The Labute approximate surface area is 120 Å². The van der Waals surface area contributed by atoms with Crippen molar-refractivity contribution in [1.29, 1.82) is 0 Å². The maximum atomic E-state index is 11.9. The van der Waals surface area contributed by atoms with Gasteiger partial charge in [0.2, 0.25) is 0 Å². The van der Waals surface area contributed by atoms with Gasteiger partial charge >= 0.3 is 5.97 Å². The van der Waals surface area contributed by atoms with Crippen LogP contribution in [0.25, 0.3) is 6.08 Å². The molecule has 0 radical (unpaired) electrons. The van der Waals surface area contributed by atoms with Crippen LogP contribution in [0.2, 0.25) is 0 Å². The number of nitrogens with zero attached hydrogens (tertiary/aromatic N) is 2. The van der Waals surface area contributed by atoms with Crippen molar-refractivity contribution in [2.45, 2.75) is 13.5 Å². The van der Waals surface area contributed by atoms with Gasteiger partial charge < -0.3 is 10.4 Å². The van der Waals surface area contributed by atoms with Crippen LogP contribution in [0.1, 0.15) is 27.3 Å². The van der Waals surface area contributed by atoms with Gasteiger partial charge in [-0.15, -0.1) is 0 Å². The minimum Gasteiger partial charge on any atom is -0.478 e. The summed E-state index contributed by atoms with van der Waals surface area (Å²) in [4.78, 5) is 26.3. The summed E-state index contributed by atoms with van der Waals surface area (Å²) in [7, 11) is 0. The van der Waals surface area contributed by atoms with E-state index in [1.807, 2.05) is 6.92 Å². The standard InChI is InChI=1S/C14H14N4O3/c1-9-11(8-17-18-9)7-16-14(21)12-4-2-10(6-15-12)3-5-13(19)20/h2-6,8H,7H2,1H3,(H,16,21)(H,17,18)(H,19,20). The third kappa shape index (κ3) is 4.00. The van der Waals surface area contributed by atoms with E-state index in [4.69, 9.17) is 5.11 Å². The monoisotopic (exact) mass is 286 g/mol. The zero-order valence-corrected chi connectivity index (χ0v) is 11.3. The van der Waals surface area contributed by atoms with Crippen LogP contribution in [0.5, 0.6) is 0 Å². The number of pyridine rings is 1. The van der Waals surface area contributed by atoms with Crippen LogP contribution in [-0.2, 0) is 11.3 Å². The molecular weight excluding hydrogens is 272 g/mol. The van der Waals surface area contributed by atoms with Crippen LogP contribution < -0.4 is 5.32 Å². The summed E-state index contributed by atoms with van der Waals surface area (Å²) in [5.41, 5.74) is 2.69. The highest BCUT2D eigenvalue weighted by Gasteiger charge is 2.08. The Balaban J connectivity index is 1.97. The van der Waals surface area contributed by atoms with Crippen LogP contribution in [0, 0.1) is 6.92 Å². The summed E-state index contributed by atoms with van der Waals surface area (Å²) in [6.07, 6.45) is 5.52. The third-order valence-corrected chi connectivity index (χ3v) is 2.81. The van der Waals surface area contributed by atoms with Crippen molar-refractivity contribution >= 4 is 18.0 Å². The SMILES string of the molecule is Cc1[nH]ncc1CNC(=O)c1ccc(C=CC(=O)O)cn1. The third-order valence-electron chi connectivity index (χ3n) is 2.81. The van der Waals surface area contributed by atoms with Gasteiger partial charge in [0.25, 0.3) is 5.91 Å². The second kappa shape index (κ2) is 6.47. The summed E-state index contributed by atoms with van der Waals surface area (Å²) in [5, 5.41) is 17.9. The zero-order chi connectivity index (χ0) is 15.2. The van der Waals surface area contributed by atoms with Crippen molar-refractivity contribution in [3.8, 4) is 0 Å². The van der Waals surface area contributed by atoms with Gasteiger partial charge in [-0.25, -0.2) is 4.79 Å². The lowest BCUT2D eigenvalue weighted by Gasteiger charge is -2.04. The highest BCUT2D eigenvalue weighted by Crippen LogP contribution is 2.05. The average Bonchev–Trinajstić information content (AvgIpc) is 2.88. The minimum absolute atomic E-state index is 0.267. The molecule has 0 bridgehead atoms. The maximum Gasteiger partial charge on any atom is 0.328 e. The molecule has 1 amide bonds. The van der Waals surface area contributed by atoms with Crippen molar-refractivity contribution in [2.75, 3.05) is 0 Å². The normalized spacial score (nSPS) is 10.7. The number of carboxylic acid groups (broad SMARTS) is 1. The van der Waals surface area contributed by atoms with Gasteiger partial charge in [-0.1, -0.05) is 6.07 Å². The van der Waals surface area contributed by atoms with Gasteiger partial charge in [-0.2, -0.15) is 5.10 Å². The number of nitrogens with one attached hydrogen (secondary N) is 2. The Morgan fingerprint density at radius 3 is 2.76 bits per heavy atom. The molecule has 2 heterocycles. The number of carboxylic acids is 1. The molecule has 2 rings (SSSR count). The lowest BCUT2D eigenvalue weighted by atomic mass is 10.2. The number of H-pyrrole nitrogens is 1. The number of hydrogen-bond donors (Lipinski definition) is 3.